The molecule has 0 saturated carbocycles. The number of hydrogen-bond acceptors (Lipinski definition) is 4. The highest BCUT2D eigenvalue weighted by Gasteiger charge is 2.18. The van der Waals surface area contributed by atoms with Crippen molar-refractivity contribution in [1.82, 2.24) is 5.32 Å². The van der Waals surface area contributed by atoms with E-state index in [2.05, 4.69) is 0 Å². The summed E-state index contributed by atoms with van der Waals surface area (Å²) in [7, 11) is 0. The molecule has 6 heteroatoms. The lowest BCUT2D eigenvalue weighted by molar-refractivity contribution is -0.126. The van der Waals surface area contributed by atoms with Crippen LogP contribution in [0, 0.1) is 13.8 Å². The van der Waals surface area contributed by atoms with E-state index >= 15 is 0 Å². The summed E-state index contributed by atoms with van der Waals surface area (Å²) in [6.07, 6.45) is -0.811. The Bertz CT molecular complexity index is 477. The van der Waals surface area contributed by atoms with Crippen molar-refractivity contribution in [3.05, 3.63) is 28.8 Å². The van der Waals surface area contributed by atoms with Crippen molar-refractivity contribution in [2.45, 2.75) is 33.4 Å². The van der Waals surface area contributed by atoms with Crippen LogP contribution in [0.1, 0.15) is 23.6 Å². The molecule has 5 N–H and O–H groups in total. The average Bonchev–Trinajstić information content (AvgIpc) is 2.32. The quantitative estimate of drug-likeness (QED) is 0.745. The molecule has 0 aliphatic carbocycles. The van der Waals surface area contributed by atoms with Gasteiger partial charge in [-0.3, -0.25) is 10.1 Å². The van der Waals surface area contributed by atoms with Crippen molar-refractivity contribution >= 4 is 11.9 Å². The van der Waals surface area contributed by atoms with Crippen molar-refractivity contribution in [3.63, 3.8) is 0 Å². The van der Waals surface area contributed by atoms with Crippen molar-refractivity contribution in [3.8, 4) is 5.75 Å². The van der Waals surface area contributed by atoms with Crippen LogP contribution in [0.25, 0.3) is 0 Å². The highest BCUT2D eigenvalue weighted by molar-refractivity contribution is 5.95. The standard InChI is InChI=1S/C13H19N3O3/c1-7-4-10(6-14)5-8(2)11(7)19-9(3)12(17)16-13(15)18/h4-5,9H,6,14H2,1-3H3,(H3,15,16,17,18). The normalized spacial score (nSPS) is 11.8. The van der Waals surface area contributed by atoms with Gasteiger partial charge in [-0.25, -0.2) is 4.79 Å². The molecule has 0 aliphatic rings. The number of benzene rings is 1. The van der Waals surface area contributed by atoms with Crippen LogP contribution in [0.15, 0.2) is 12.1 Å². The van der Waals surface area contributed by atoms with E-state index in [0.29, 0.717) is 12.3 Å². The number of urea groups is 1. The lowest BCUT2D eigenvalue weighted by atomic mass is 10.1. The molecule has 0 aliphatic heterocycles. The van der Waals surface area contributed by atoms with Gasteiger partial charge in [-0.15, -0.1) is 0 Å². The summed E-state index contributed by atoms with van der Waals surface area (Å²) in [6, 6.07) is 2.91. The Kier molecular flexibility index (Phi) is 4.88. The summed E-state index contributed by atoms with van der Waals surface area (Å²) < 4.78 is 5.58. The zero-order chi connectivity index (χ0) is 14.6. The van der Waals surface area contributed by atoms with Gasteiger partial charge < -0.3 is 16.2 Å². The molecular formula is C13H19N3O3. The third-order valence-electron chi connectivity index (χ3n) is 2.67. The molecule has 0 spiro atoms. The highest BCUT2D eigenvalue weighted by Crippen LogP contribution is 2.25. The molecule has 0 bridgehead atoms. The molecule has 1 atom stereocenters. The van der Waals surface area contributed by atoms with Crippen LogP contribution in [-0.2, 0) is 11.3 Å². The first-order valence-corrected chi connectivity index (χ1v) is 5.92. The molecule has 6 nitrogen and oxygen atoms in total. The summed E-state index contributed by atoms with van der Waals surface area (Å²) in [6.45, 7) is 5.74. The van der Waals surface area contributed by atoms with E-state index in [-0.39, 0.29) is 0 Å². The second-order valence-electron chi connectivity index (χ2n) is 4.38. The van der Waals surface area contributed by atoms with Gasteiger partial charge in [-0.2, -0.15) is 0 Å². The van der Waals surface area contributed by atoms with Gasteiger partial charge in [0.1, 0.15) is 5.75 Å². The van der Waals surface area contributed by atoms with E-state index in [1.807, 2.05) is 31.3 Å². The largest absolute Gasteiger partial charge is 0.480 e. The Balaban J connectivity index is 2.88. The maximum atomic E-state index is 11.5. The third kappa shape index (κ3) is 3.96. The number of ether oxygens (including phenoxy) is 1. The maximum absolute atomic E-state index is 11.5. The molecule has 0 radical (unpaired) electrons. The number of hydrogen-bond donors (Lipinski definition) is 3. The smallest absolute Gasteiger partial charge is 0.318 e. The molecule has 0 fully saturated rings. The predicted octanol–water partition coefficient (Wildman–Crippen LogP) is 0.724. The molecule has 1 aromatic carbocycles. The summed E-state index contributed by atoms with van der Waals surface area (Å²) in [4.78, 5) is 22.2. The number of primary amides is 1. The van der Waals surface area contributed by atoms with Crippen LogP contribution in [-0.4, -0.2) is 18.0 Å². The molecule has 1 rings (SSSR count). The van der Waals surface area contributed by atoms with Crippen LogP contribution in [0.4, 0.5) is 4.79 Å². The van der Waals surface area contributed by atoms with Gasteiger partial charge in [0.25, 0.3) is 5.91 Å². The molecular weight excluding hydrogens is 246 g/mol. The average molecular weight is 265 g/mol. The van der Waals surface area contributed by atoms with Gasteiger partial charge in [0.05, 0.1) is 0 Å². The molecule has 1 unspecified atom stereocenters. The Morgan fingerprint density at radius 3 is 2.26 bits per heavy atom. The van der Waals surface area contributed by atoms with Gasteiger partial charge in [-0.1, -0.05) is 12.1 Å². The highest BCUT2D eigenvalue weighted by atomic mass is 16.5. The van der Waals surface area contributed by atoms with Crippen molar-refractivity contribution in [1.29, 1.82) is 0 Å². The lowest BCUT2D eigenvalue weighted by Gasteiger charge is -2.18. The fourth-order valence-corrected chi connectivity index (χ4v) is 1.80. The Morgan fingerprint density at radius 2 is 1.84 bits per heavy atom. The molecule has 104 valence electrons. The zero-order valence-corrected chi connectivity index (χ0v) is 11.3. The van der Waals surface area contributed by atoms with Crippen LogP contribution < -0.4 is 21.5 Å². The van der Waals surface area contributed by atoms with Gasteiger partial charge in [0, 0.05) is 6.54 Å². The summed E-state index contributed by atoms with van der Waals surface area (Å²) in [5.41, 5.74) is 13.2. The fourth-order valence-electron chi connectivity index (χ4n) is 1.80. The van der Waals surface area contributed by atoms with E-state index in [0.717, 1.165) is 16.7 Å². The fraction of sp³-hybridized carbons (Fsp3) is 0.385. The monoisotopic (exact) mass is 265 g/mol. The number of imide groups is 1. The van der Waals surface area contributed by atoms with E-state index in [4.69, 9.17) is 16.2 Å². The first-order chi connectivity index (χ1) is 8.85. The first-order valence-electron chi connectivity index (χ1n) is 5.92. The van der Waals surface area contributed by atoms with Gasteiger partial charge in [0.15, 0.2) is 6.10 Å². The number of carbonyl (C=O) groups is 2. The molecule has 19 heavy (non-hydrogen) atoms. The number of rotatable bonds is 4. The summed E-state index contributed by atoms with van der Waals surface area (Å²) >= 11 is 0. The number of nitrogens with two attached hydrogens (primary N) is 2. The Labute approximate surface area is 112 Å². The lowest BCUT2D eigenvalue weighted by Crippen LogP contribution is -2.42. The summed E-state index contributed by atoms with van der Waals surface area (Å²) in [5, 5.41) is 1.98. The van der Waals surface area contributed by atoms with Gasteiger partial charge in [-0.05, 0) is 37.5 Å². The summed E-state index contributed by atoms with van der Waals surface area (Å²) in [5.74, 6) is 0.0403. The zero-order valence-electron chi connectivity index (χ0n) is 11.3. The number of amides is 3. The van der Waals surface area contributed by atoms with Crippen molar-refractivity contribution in [2.24, 2.45) is 11.5 Å². The topological polar surface area (TPSA) is 107 Å². The molecule has 1 aromatic rings. The predicted molar refractivity (Wildman–Crippen MR) is 71.6 cm³/mol. The van der Waals surface area contributed by atoms with Crippen molar-refractivity contribution in [2.75, 3.05) is 0 Å². The Hall–Kier alpha value is -2.08. The minimum Gasteiger partial charge on any atom is -0.480 e. The minimum absolute atomic E-state index is 0.444. The van der Waals surface area contributed by atoms with E-state index in [9.17, 15) is 9.59 Å². The van der Waals surface area contributed by atoms with E-state index < -0.39 is 18.0 Å². The second kappa shape index (κ2) is 6.19. The Morgan fingerprint density at radius 1 is 1.32 bits per heavy atom. The van der Waals surface area contributed by atoms with Gasteiger partial charge >= 0.3 is 6.03 Å². The first kappa shape index (κ1) is 15.0. The molecule has 0 aromatic heterocycles. The number of aryl methyl sites for hydroxylation is 2. The van der Waals surface area contributed by atoms with Gasteiger partial charge in [0.2, 0.25) is 0 Å². The molecule has 0 heterocycles. The SMILES string of the molecule is Cc1cc(CN)cc(C)c1OC(C)C(=O)NC(N)=O. The van der Waals surface area contributed by atoms with Crippen LogP contribution in [0.2, 0.25) is 0 Å². The van der Waals surface area contributed by atoms with E-state index in [1.165, 1.54) is 0 Å². The van der Waals surface area contributed by atoms with Crippen LogP contribution in [0.5, 0.6) is 5.75 Å². The minimum atomic E-state index is -0.896. The van der Waals surface area contributed by atoms with Crippen molar-refractivity contribution < 1.29 is 14.3 Å². The molecule has 3 amide bonds. The molecule has 0 saturated heterocycles. The van der Waals surface area contributed by atoms with Crippen LogP contribution >= 0.6 is 0 Å². The number of carbonyl (C=O) groups excluding carboxylic acids is 2. The third-order valence-corrected chi connectivity index (χ3v) is 2.67. The maximum Gasteiger partial charge on any atom is 0.318 e. The van der Waals surface area contributed by atoms with Crippen LogP contribution in [0.3, 0.4) is 0 Å². The van der Waals surface area contributed by atoms with E-state index in [1.54, 1.807) is 6.92 Å². The second-order valence-corrected chi connectivity index (χ2v) is 4.38. The number of nitrogens with one attached hydrogen (secondary N) is 1.